The number of rotatable bonds is 2. The van der Waals surface area contributed by atoms with Crippen LogP contribution in [0.25, 0.3) is 0 Å². The Bertz CT molecular complexity index is 351. The Labute approximate surface area is 95.3 Å². The zero-order chi connectivity index (χ0) is 10.9. The third-order valence-electron chi connectivity index (χ3n) is 2.98. The van der Waals surface area contributed by atoms with Gasteiger partial charge in [-0.3, -0.25) is 0 Å². The number of hydrogen-bond donors (Lipinski definition) is 1. The lowest BCUT2D eigenvalue weighted by Gasteiger charge is -2.18. The molecular formula is C11H16ClN3. The highest BCUT2D eigenvalue weighted by atomic mass is 35.5. The zero-order valence-corrected chi connectivity index (χ0v) is 9.88. The Kier molecular flexibility index (Phi) is 2.83. The first kappa shape index (κ1) is 10.7. The highest BCUT2D eigenvalue weighted by Gasteiger charge is 2.31. The minimum Gasteiger partial charge on any atom is -0.366 e. The molecule has 0 spiro atoms. The minimum atomic E-state index is 0.442. The van der Waals surface area contributed by atoms with Crippen molar-refractivity contribution in [1.82, 2.24) is 9.97 Å². The van der Waals surface area contributed by atoms with E-state index in [2.05, 4.69) is 29.1 Å². The summed E-state index contributed by atoms with van der Waals surface area (Å²) in [6.45, 7) is 4.60. The molecule has 1 unspecified atom stereocenters. The molecule has 4 heteroatoms. The van der Waals surface area contributed by atoms with Crippen LogP contribution in [-0.4, -0.2) is 16.0 Å². The molecule has 0 saturated heterocycles. The summed E-state index contributed by atoms with van der Waals surface area (Å²) in [5.74, 6) is 0.759. The van der Waals surface area contributed by atoms with Crippen LogP contribution in [0.2, 0.25) is 5.02 Å². The van der Waals surface area contributed by atoms with E-state index in [1.54, 1.807) is 6.20 Å². The third-order valence-corrected chi connectivity index (χ3v) is 3.25. The molecule has 1 N–H and O–H groups in total. The van der Waals surface area contributed by atoms with Gasteiger partial charge in [-0.15, -0.1) is 0 Å². The summed E-state index contributed by atoms with van der Waals surface area (Å²) in [4.78, 5) is 8.00. The van der Waals surface area contributed by atoms with Crippen molar-refractivity contribution in [2.45, 2.75) is 39.2 Å². The fourth-order valence-electron chi connectivity index (χ4n) is 2.17. The van der Waals surface area contributed by atoms with Crippen molar-refractivity contribution in [2.24, 2.45) is 5.41 Å². The molecule has 1 aromatic rings. The van der Waals surface area contributed by atoms with Crippen molar-refractivity contribution in [1.29, 1.82) is 0 Å². The van der Waals surface area contributed by atoms with Gasteiger partial charge in [-0.1, -0.05) is 25.4 Å². The second kappa shape index (κ2) is 3.97. The number of anilines is 1. The van der Waals surface area contributed by atoms with Crippen molar-refractivity contribution in [2.75, 3.05) is 5.32 Å². The molecule has 0 radical (unpaired) electrons. The quantitative estimate of drug-likeness (QED) is 0.841. The Morgan fingerprint density at radius 3 is 2.93 bits per heavy atom. The van der Waals surface area contributed by atoms with Crippen LogP contribution in [-0.2, 0) is 0 Å². The topological polar surface area (TPSA) is 37.8 Å². The zero-order valence-electron chi connectivity index (χ0n) is 9.13. The number of nitrogens with one attached hydrogen (secondary N) is 1. The molecule has 1 heterocycles. The van der Waals surface area contributed by atoms with Crippen molar-refractivity contribution < 1.29 is 0 Å². The third kappa shape index (κ3) is 2.59. The lowest BCUT2D eigenvalue weighted by molar-refractivity contribution is 0.378. The summed E-state index contributed by atoms with van der Waals surface area (Å²) >= 11 is 5.99. The average molecular weight is 226 g/mol. The van der Waals surface area contributed by atoms with Gasteiger partial charge in [0.1, 0.15) is 17.2 Å². The number of nitrogens with zero attached hydrogens (tertiary/aromatic N) is 2. The molecule has 2 rings (SSSR count). The highest BCUT2D eigenvalue weighted by Crippen LogP contribution is 2.38. The van der Waals surface area contributed by atoms with Crippen LogP contribution in [0, 0.1) is 5.41 Å². The summed E-state index contributed by atoms with van der Waals surface area (Å²) < 4.78 is 0. The maximum Gasteiger partial charge on any atom is 0.148 e. The van der Waals surface area contributed by atoms with Crippen LogP contribution >= 0.6 is 11.6 Å². The monoisotopic (exact) mass is 225 g/mol. The fourth-order valence-corrected chi connectivity index (χ4v) is 2.33. The summed E-state index contributed by atoms with van der Waals surface area (Å²) in [7, 11) is 0. The molecule has 0 amide bonds. The maximum atomic E-state index is 5.99. The van der Waals surface area contributed by atoms with Crippen LogP contribution < -0.4 is 5.32 Å². The number of hydrogen-bond acceptors (Lipinski definition) is 3. The van der Waals surface area contributed by atoms with Crippen LogP contribution in [0.4, 0.5) is 5.82 Å². The normalized spacial score (nSPS) is 24.1. The van der Waals surface area contributed by atoms with E-state index in [0.717, 1.165) is 5.82 Å². The molecule has 1 aliphatic carbocycles. The Morgan fingerprint density at radius 2 is 2.33 bits per heavy atom. The van der Waals surface area contributed by atoms with E-state index in [1.807, 2.05) is 0 Å². The van der Waals surface area contributed by atoms with Gasteiger partial charge in [-0.2, -0.15) is 0 Å². The Balaban J connectivity index is 2.02. The fraction of sp³-hybridized carbons (Fsp3) is 0.636. The molecule has 1 aliphatic rings. The van der Waals surface area contributed by atoms with Gasteiger partial charge in [0, 0.05) is 6.04 Å². The average Bonchev–Trinajstić information content (AvgIpc) is 2.50. The smallest absolute Gasteiger partial charge is 0.148 e. The van der Waals surface area contributed by atoms with Gasteiger partial charge in [0.2, 0.25) is 0 Å². The molecule has 0 aliphatic heterocycles. The first-order valence-corrected chi connectivity index (χ1v) is 5.67. The van der Waals surface area contributed by atoms with Crippen LogP contribution in [0.5, 0.6) is 0 Å². The van der Waals surface area contributed by atoms with Crippen LogP contribution in [0.15, 0.2) is 12.5 Å². The highest BCUT2D eigenvalue weighted by molar-refractivity contribution is 6.32. The van der Waals surface area contributed by atoms with Crippen LogP contribution in [0.3, 0.4) is 0 Å². The van der Waals surface area contributed by atoms with Gasteiger partial charge in [-0.25, -0.2) is 9.97 Å². The molecule has 1 aromatic heterocycles. The van der Waals surface area contributed by atoms with Gasteiger partial charge in [-0.05, 0) is 24.7 Å². The van der Waals surface area contributed by atoms with Crippen molar-refractivity contribution in [3.8, 4) is 0 Å². The summed E-state index contributed by atoms with van der Waals surface area (Å²) in [6, 6.07) is 0.493. The number of aromatic nitrogens is 2. The van der Waals surface area contributed by atoms with E-state index < -0.39 is 0 Å². The van der Waals surface area contributed by atoms with Gasteiger partial charge in [0.25, 0.3) is 0 Å². The molecule has 0 bridgehead atoms. The van der Waals surface area contributed by atoms with E-state index >= 15 is 0 Å². The first-order chi connectivity index (χ1) is 7.07. The Morgan fingerprint density at radius 1 is 1.53 bits per heavy atom. The summed E-state index contributed by atoms with van der Waals surface area (Å²) in [6.07, 6.45) is 6.76. The van der Waals surface area contributed by atoms with E-state index in [-0.39, 0.29) is 0 Å². The van der Waals surface area contributed by atoms with E-state index in [0.29, 0.717) is 16.5 Å². The van der Waals surface area contributed by atoms with E-state index in [4.69, 9.17) is 11.6 Å². The predicted octanol–water partition coefficient (Wildman–Crippen LogP) is 3.12. The molecule has 1 fully saturated rings. The van der Waals surface area contributed by atoms with Gasteiger partial charge in [0.05, 0.1) is 6.20 Å². The molecule has 15 heavy (non-hydrogen) atoms. The lowest BCUT2D eigenvalue weighted by atomic mass is 9.92. The largest absolute Gasteiger partial charge is 0.366 e. The minimum absolute atomic E-state index is 0.442. The molecule has 3 nitrogen and oxygen atoms in total. The van der Waals surface area contributed by atoms with Crippen molar-refractivity contribution in [3.05, 3.63) is 17.5 Å². The molecule has 1 atom stereocenters. The lowest BCUT2D eigenvalue weighted by Crippen LogP contribution is -2.18. The number of halogens is 1. The summed E-state index contributed by atoms with van der Waals surface area (Å²) in [5.41, 5.74) is 0.442. The summed E-state index contributed by atoms with van der Waals surface area (Å²) in [5, 5.41) is 3.98. The van der Waals surface area contributed by atoms with Gasteiger partial charge < -0.3 is 5.32 Å². The molecule has 82 valence electrons. The molecule has 0 aromatic carbocycles. The first-order valence-electron chi connectivity index (χ1n) is 5.29. The van der Waals surface area contributed by atoms with Crippen molar-refractivity contribution in [3.63, 3.8) is 0 Å². The van der Waals surface area contributed by atoms with E-state index in [9.17, 15) is 0 Å². The standard InChI is InChI=1S/C11H16ClN3/c1-11(2)4-3-8(5-11)15-10-9(12)6-13-7-14-10/h6-8H,3-5H2,1-2H3,(H,13,14,15). The maximum absolute atomic E-state index is 5.99. The second-order valence-electron chi connectivity index (χ2n) is 4.97. The van der Waals surface area contributed by atoms with Crippen LogP contribution in [0.1, 0.15) is 33.1 Å². The van der Waals surface area contributed by atoms with Gasteiger partial charge in [0.15, 0.2) is 0 Å². The van der Waals surface area contributed by atoms with Crippen molar-refractivity contribution >= 4 is 17.4 Å². The SMILES string of the molecule is CC1(C)CCC(Nc2ncncc2Cl)C1. The van der Waals surface area contributed by atoms with Gasteiger partial charge >= 0.3 is 0 Å². The van der Waals surface area contributed by atoms with E-state index in [1.165, 1.54) is 25.6 Å². The molecule has 1 saturated carbocycles. The Hall–Kier alpha value is -0.830. The predicted molar refractivity (Wildman–Crippen MR) is 62.1 cm³/mol. The second-order valence-corrected chi connectivity index (χ2v) is 5.37. The molecular weight excluding hydrogens is 210 g/mol.